The maximum Gasteiger partial charge on any atom is 0.410 e. The summed E-state index contributed by atoms with van der Waals surface area (Å²) in [4.78, 5) is 13.1. The van der Waals surface area contributed by atoms with Crippen molar-refractivity contribution in [1.82, 2.24) is 4.90 Å². The number of alkyl halides is 2. The first-order valence-corrected chi connectivity index (χ1v) is 7.00. The number of aliphatic hydroxyl groups excluding tert-OH is 1. The van der Waals surface area contributed by atoms with Crippen LogP contribution >= 0.6 is 0 Å². The lowest BCUT2D eigenvalue weighted by Crippen LogP contribution is -2.37. The van der Waals surface area contributed by atoms with Crippen LogP contribution in [0.15, 0.2) is 30.3 Å². The molecule has 2 aliphatic rings. The first kappa shape index (κ1) is 14.3. The number of fused-ring (bicyclic) bond motifs is 1. The smallest absolute Gasteiger partial charge is 0.410 e. The van der Waals surface area contributed by atoms with Crippen LogP contribution < -0.4 is 0 Å². The Hall–Kier alpha value is -1.69. The molecule has 1 heterocycles. The zero-order chi connectivity index (χ0) is 15.0. The maximum atomic E-state index is 13.9. The van der Waals surface area contributed by atoms with Gasteiger partial charge in [0.1, 0.15) is 6.61 Å². The molecule has 0 bridgehead atoms. The number of rotatable bonds is 2. The van der Waals surface area contributed by atoms with Gasteiger partial charge in [-0.1, -0.05) is 30.3 Å². The summed E-state index contributed by atoms with van der Waals surface area (Å²) in [5.41, 5.74) is 0.805. The summed E-state index contributed by atoms with van der Waals surface area (Å²) in [7, 11) is 0. The molecule has 1 aliphatic heterocycles. The van der Waals surface area contributed by atoms with Crippen LogP contribution in [0.1, 0.15) is 18.4 Å². The van der Waals surface area contributed by atoms with Crippen molar-refractivity contribution >= 4 is 6.09 Å². The largest absolute Gasteiger partial charge is 0.445 e. The molecule has 21 heavy (non-hydrogen) atoms. The van der Waals surface area contributed by atoms with Crippen molar-refractivity contribution in [3.05, 3.63) is 35.9 Å². The molecule has 1 saturated carbocycles. The molecule has 0 aromatic heterocycles. The number of ether oxygens (including phenoxy) is 1. The quantitative estimate of drug-likeness (QED) is 0.912. The predicted molar refractivity (Wildman–Crippen MR) is 70.8 cm³/mol. The Kier molecular flexibility index (Phi) is 3.57. The molecule has 1 amide bonds. The van der Waals surface area contributed by atoms with Gasteiger partial charge in [-0.05, 0) is 18.4 Å². The molecule has 0 spiro atoms. The lowest BCUT2D eigenvalue weighted by atomic mass is 10.0. The van der Waals surface area contributed by atoms with Crippen LogP contribution in [0.3, 0.4) is 0 Å². The SMILES string of the molecule is O=C(OCc1ccccc1)N1CC(F)(F)C2CC(O)CC21. The molecule has 1 saturated heterocycles. The van der Waals surface area contributed by atoms with Gasteiger partial charge in [-0.15, -0.1) is 0 Å². The van der Waals surface area contributed by atoms with Gasteiger partial charge in [0.05, 0.1) is 12.6 Å². The Balaban J connectivity index is 1.65. The summed E-state index contributed by atoms with van der Waals surface area (Å²) >= 11 is 0. The second kappa shape index (κ2) is 5.26. The van der Waals surface area contributed by atoms with Gasteiger partial charge < -0.3 is 9.84 Å². The predicted octanol–water partition coefficient (Wildman–Crippen LogP) is 2.41. The minimum Gasteiger partial charge on any atom is -0.445 e. The Morgan fingerprint density at radius 3 is 2.76 bits per heavy atom. The number of amides is 1. The van der Waals surface area contributed by atoms with Crippen LogP contribution in [-0.4, -0.2) is 40.7 Å². The van der Waals surface area contributed by atoms with E-state index >= 15 is 0 Å². The molecule has 1 aromatic carbocycles. The lowest BCUT2D eigenvalue weighted by molar-refractivity contribution is -0.0346. The summed E-state index contributed by atoms with van der Waals surface area (Å²) in [6.07, 6.45) is -1.27. The number of likely N-dealkylation sites (tertiary alicyclic amines) is 1. The second-order valence-electron chi connectivity index (χ2n) is 5.73. The Morgan fingerprint density at radius 1 is 1.33 bits per heavy atom. The van der Waals surface area contributed by atoms with Crippen molar-refractivity contribution in [2.24, 2.45) is 5.92 Å². The van der Waals surface area contributed by atoms with Gasteiger partial charge in [-0.25, -0.2) is 13.6 Å². The van der Waals surface area contributed by atoms with E-state index in [1.165, 1.54) is 0 Å². The second-order valence-corrected chi connectivity index (χ2v) is 5.73. The highest BCUT2D eigenvalue weighted by Gasteiger charge is 2.59. The summed E-state index contributed by atoms with van der Waals surface area (Å²) in [5, 5.41) is 9.56. The van der Waals surface area contributed by atoms with Crippen LogP contribution in [0.5, 0.6) is 0 Å². The minimum atomic E-state index is -2.95. The molecular formula is C15H17F2NO3. The van der Waals surface area contributed by atoms with Crippen molar-refractivity contribution < 1.29 is 23.4 Å². The number of nitrogens with zero attached hydrogens (tertiary/aromatic N) is 1. The van der Waals surface area contributed by atoms with Crippen molar-refractivity contribution in [2.75, 3.05) is 6.54 Å². The third kappa shape index (κ3) is 2.72. The molecule has 0 radical (unpaired) electrons. The van der Waals surface area contributed by atoms with Crippen molar-refractivity contribution in [3.63, 3.8) is 0 Å². The molecule has 114 valence electrons. The zero-order valence-electron chi connectivity index (χ0n) is 11.4. The molecule has 4 nitrogen and oxygen atoms in total. The summed E-state index contributed by atoms with van der Waals surface area (Å²) in [5.74, 6) is -3.91. The van der Waals surface area contributed by atoms with Crippen LogP contribution in [-0.2, 0) is 11.3 Å². The fourth-order valence-electron chi connectivity index (χ4n) is 3.25. The number of benzene rings is 1. The highest BCUT2D eigenvalue weighted by molar-refractivity contribution is 5.69. The highest BCUT2D eigenvalue weighted by Crippen LogP contribution is 2.47. The van der Waals surface area contributed by atoms with Gasteiger partial charge in [0.2, 0.25) is 0 Å². The van der Waals surface area contributed by atoms with E-state index in [2.05, 4.69) is 0 Å². The minimum absolute atomic E-state index is 0.0418. The van der Waals surface area contributed by atoms with E-state index in [-0.39, 0.29) is 19.4 Å². The standard InChI is InChI=1S/C15H17F2NO3/c16-15(17)9-18(13-7-11(19)6-12(13)15)14(20)21-8-10-4-2-1-3-5-10/h1-5,11-13,19H,6-9H2. The topological polar surface area (TPSA) is 49.8 Å². The number of hydrogen-bond donors (Lipinski definition) is 1. The van der Waals surface area contributed by atoms with Crippen LogP contribution in [0, 0.1) is 5.92 Å². The Labute approximate surface area is 121 Å². The van der Waals surface area contributed by atoms with Crippen LogP contribution in [0.25, 0.3) is 0 Å². The van der Waals surface area contributed by atoms with E-state index in [9.17, 15) is 18.7 Å². The number of halogens is 2. The van der Waals surface area contributed by atoms with Gasteiger partial charge >= 0.3 is 6.09 Å². The molecule has 3 unspecified atom stereocenters. The van der Waals surface area contributed by atoms with E-state index in [4.69, 9.17) is 4.74 Å². The molecule has 3 atom stereocenters. The third-order valence-corrected chi connectivity index (χ3v) is 4.27. The number of aliphatic hydroxyl groups is 1. The van der Waals surface area contributed by atoms with Gasteiger partial charge in [0.15, 0.2) is 0 Å². The average Bonchev–Trinajstić information content (AvgIpc) is 2.95. The first-order valence-electron chi connectivity index (χ1n) is 7.00. The van der Waals surface area contributed by atoms with Crippen LogP contribution in [0.4, 0.5) is 13.6 Å². The lowest BCUT2D eigenvalue weighted by Gasteiger charge is -2.22. The van der Waals surface area contributed by atoms with Crippen molar-refractivity contribution in [2.45, 2.75) is 37.5 Å². The van der Waals surface area contributed by atoms with E-state index in [0.717, 1.165) is 10.5 Å². The fraction of sp³-hybridized carbons (Fsp3) is 0.533. The van der Waals surface area contributed by atoms with Crippen LogP contribution in [0.2, 0.25) is 0 Å². The average molecular weight is 297 g/mol. The molecule has 2 fully saturated rings. The van der Waals surface area contributed by atoms with Crippen molar-refractivity contribution in [3.8, 4) is 0 Å². The first-order chi connectivity index (χ1) is 9.97. The summed E-state index contributed by atoms with van der Waals surface area (Å²) < 4.78 is 32.9. The van der Waals surface area contributed by atoms with E-state index in [1.54, 1.807) is 12.1 Å². The van der Waals surface area contributed by atoms with Gasteiger partial charge in [-0.3, -0.25) is 4.90 Å². The zero-order valence-corrected chi connectivity index (χ0v) is 11.4. The van der Waals surface area contributed by atoms with Gasteiger partial charge in [-0.2, -0.15) is 0 Å². The van der Waals surface area contributed by atoms with Crippen molar-refractivity contribution in [1.29, 1.82) is 0 Å². The molecule has 1 aliphatic carbocycles. The maximum absolute atomic E-state index is 13.9. The summed E-state index contributed by atoms with van der Waals surface area (Å²) in [6.45, 7) is -0.565. The normalized spacial score (nSPS) is 30.2. The van der Waals surface area contributed by atoms with E-state index in [0.29, 0.717) is 0 Å². The monoisotopic (exact) mass is 297 g/mol. The van der Waals surface area contributed by atoms with E-state index in [1.807, 2.05) is 18.2 Å². The molecule has 1 aromatic rings. The van der Waals surface area contributed by atoms with E-state index < -0.39 is 36.6 Å². The molecular weight excluding hydrogens is 280 g/mol. The number of hydrogen-bond acceptors (Lipinski definition) is 3. The fourth-order valence-corrected chi connectivity index (χ4v) is 3.25. The molecule has 1 N–H and O–H groups in total. The number of carbonyl (C=O) groups is 1. The number of carbonyl (C=O) groups excluding carboxylic acids is 1. The molecule has 6 heteroatoms. The molecule has 3 rings (SSSR count). The Bertz CT molecular complexity index is 523. The highest BCUT2D eigenvalue weighted by atomic mass is 19.3. The van der Waals surface area contributed by atoms with Gasteiger partial charge in [0.25, 0.3) is 5.92 Å². The van der Waals surface area contributed by atoms with Gasteiger partial charge in [0, 0.05) is 12.0 Å². The Morgan fingerprint density at radius 2 is 2.05 bits per heavy atom. The third-order valence-electron chi connectivity index (χ3n) is 4.27. The summed E-state index contributed by atoms with van der Waals surface area (Å²) in [6, 6.07) is 8.45.